The first kappa shape index (κ1) is 14.3. The fourth-order valence-corrected chi connectivity index (χ4v) is 1.76. The van der Waals surface area contributed by atoms with Gasteiger partial charge in [0.25, 0.3) is 0 Å². The quantitative estimate of drug-likeness (QED) is 0.583. The van der Waals surface area contributed by atoms with Gasteiger partial charge >= 0.3 is 0 Å². The van der Waals surface area contributed by atoms with Crippen LogP contribution in [0.15, 0.2) is 0 Å². The molecule has 2 nitrogen and oxygen atoms in total. The molecular formula is C11H25NOS. The molecule has 0 aliphatic rings. The van der Waals surface area contributed by atoms with Crippen LogP contribution < -0.4 is 5.32 Å². The maximum Gasteiger partial charge on any atom is 0.0496 e. The molecule has 0 rings (SSSR count). The van der Waals surface area contributed by atoms with E-state index in [1.807, 2.05) is 11.8 Å². The highest BCUT2D eigenvalue weighted by molar-refractivity contribution is 7.99. The first-order valence-corrected chi connectivity index (χ1v) is 6.73. The number of aliphatic hydroxyl groups excluding tert-OH is 1. The summed E-state index contributed by atoms with van der Waals surface area (Å²) in [6.45, 7) is 8.73. The van der Waals surface area contributed by atoms with Gasteiger partial charge in [-0.15, -0.1) is 0 Å². The van der Waals surface area contributed by atoms with E-state index in [4.69, 9.17) is 0 Å². The van der Waals surface area contributed by atoms with Gasteiger partial charge in [0.1, 0.15) is 0 Å². The van der Waals surface area contributed by atoms with Crippen LogP contribution in [0.1, 0.15) is 33.6 Å². The third-order valence-corrected chi connectivity index (χ3v) is 3.62. The molecular weight excluding hydrogens is 194 g/mol. The van der Waals surface area contributed by atoms with Crippen molar-refractivity contribution in [2.75, 3.05) is 31.2 Å². The van der Waals surface area contributed by atoms with Gasteiger partial charge in [-0.25, -0.2) is 0 Å². The van der Waals surface area contributed by atoms with E-state index in [0.29, 0.717) is 0 Å². The lowest BCUT2D eigenvalue weighted by molar-refractivity contribution is 0.136. The molecule has 0 spiro atoms. The van der Waals surface area contributed by atoms with E-state index in [1.54, 1.807) is 0 Å². The molecule has 1 unspecified atom stereocenters. The van der Waals surface area contributed by atoms with E-state index >= 15 is 0 Å². The first-order valence-electron chi connectivity index (χ1n) is 5.58. The zero-order chi connectivity index (χ0) is 10.9. The molecule has 0 aliphatic carbocycles. The molecule has 0 bridgehead atoms. The smallest absolute Gasteiger partial charge is 0.0496 e. The van der Waals surface area contributed by atoms with E-state index in [-0.39, 0.29) is 12.0 Å². The van der Waals surface area contributed by atoms with Gasteiger partial charge in [0, 0.05) is 18.6 Å². The molecule has 86 valence electrons. The molecule has 0 aromatic rings. The van der Waals surface area contributed by atoms with Gasteiger partial charge in [0.2, 0.25) is 0 Å². The first-order chi connectivity index (χ1) is 6.68. The monoisotopic (exact) mass is 219 g/mol. The molecule has 0 heterocycles. The molecule has 0 radical (unpaired) electrons. The highest BCUT2D eigenvalue weighted by Gasteiger charge is 2.19. The van der Waals surface area contributed by atoms with Gasteiger partial charge in [0.05, 0.1) is 0 Å². The largest absolute Gasteiger partial charge is 0.396 e. The number of hydrogen-bond acceptors (Lipinski definition) is 3. The second-order valence-electron chi connectivity index (χ2n) is 4.05. The topological polar surface area (TPSA) is 32.3 Å². The van der Waals surface area contributed by atoms with E-state index in [2.05, 4.69) is 26.1 Å². The summed E-state index contributed by atoms with van der Waals surface area (Å²) >= 11 is 1.99. The molecule has 0 aromatic heterocycles. The molecule has 0 saturated carbocycles. The van der Waals surface area contributed by atoms with Gasteiger partial charge in [-0.2, -0.15) is 11.8 Å². The zero-order valence-electron chi connectivity index (χ0n) is 9.81. The van der Waals surface area contributed by atoms with Crippen LogP contribution in [0.5, 0.6) is 0 Å². The normalized spacial score (nSPS) is 15.4. The minimum absolute atomic E-state index is 0.0674. The van der Waals surface area contributed by atoms with Crippen LogP contribution in [0.25, 0.3) is 0 Å². The summed E-state index contributed by atoms with van der Waals surface area (Å²) in [7, 11) is 0. The Hall–Kier alpha value is 0.270. The zero-order valence-corrected chi connectivity index (χ0v) is 10.6. The Morgan fingerprint density at radius 2 is 2.07 bits per heavy atom. The third kappa shape index (κ3) is 6.68. The second kappa shape index (κ2) is 8.57. The fraction of sp³-hybridized carbons (Fsp3) is 1.00. The highest BCUT2D eigenvalue weighted by Crippen LogP contribution is 2.18. The van der Waals surface area contributed by atoms with Crippen molar-refractivity contribution in [3.8, 4) is 0 Å². The number of aliphatic hydroxyl groups is 1. The summed E-state index contributed by atoms with van der Waals surface area (Å²) in [6.07, 6.45) is 2.25. The van der Waals surface area contributed by atoms with Crippen molar-refractivity contribution in [1.29, 1.82) is 0 Å². The van der Waals surface area contributed by atoms with E-state index < -0.39 is 0 Å². The number of nitrogens with one attached hydrogen (secondary N) is 1. The predicted octanol–water partition coefficient (Wildman–Crippen LogP) is 2.13. The Morgan fingerprint density at radius 1 is 1.36 bits per heavy atom. The summed E-state index contributed by atoms with van der Waals surface area (Å²) in [6, 6.07) is 0. The van der Waals surface area contributed by atoms with Crippen molar-refractivity contribution in [3.05, 3.63) is 0 Å². The molecule has 0 amide bonds. The maximum atomic E-state index is 9.18. The van der Waals surface area contributed by atoms with Crippen molar-refractivity contribution in [2.24, 2.45) is 5.41 Å². The Bertz CT molecular complexity index is 126. The van der Waals surface area contributed by atoms with Gasteiger partial charge in [0.15, 0.2) is 0 Å². The van der Waals surface area contributed by atoms with Crippen molar-refractivity contribution in [1.82, 2.24) is 5.32 Å². The van der Waals surface area contributed by atoms with E-state index in [1.165, 1.54) is 17.9 Å². The molecule has 1 atom stereocenters. The Labute approximate surface area is 92.9 Å². The second-order valence-corrected chi connectivity index (χ2v) is 5.44. The molecule has 0 aliphatic heterocycles. The predicted molar refractivity (Wildman–Crippen MR) is 66.0 cm³/mol. The molecule has 2 N–H and O–H groups in total. The van der Waals surface area contributed by atoms with Gasteiger partial charge < -0.3 is 10.4 Å². The minimum atomic E-state index is 0.0674. The standard InChI is InChI=1S/C11H25NOS/c1-4-11(3,10-13)9-12-7-6-8-14-5-2/h12-13H,4-10H2,1-3H3. The van der Waals surface area contributed by atoms with Crippen LogP contribution in [0.3, 0.4) is 0 Å². The van der Waals surface area contributed by atoms with Crippen LogP contribution in [-0.4, -0.2) is 36.3 Å². The van der Waals surface area contributed by atoms with Crippen molar-refractivity contribution in [3.63, 3.8) is 0 Å². The van der Waals surface area contributed by atoms with Crippen molar-refractivity contribution >= 4 is 11.8 Å². The average Bonchev–Trinajstić information content (AvgIpc) is 2.23. The Morgan fingerprint density at radius 3 is 2.57 bits per heavy atom. The third-order valence-electron chi connectivity index (χ3n) is 2.63. The van der Waals surface area contributed by atoms with Gasteiger partial charge in [-0.05, 0) is 30.9 Å². The van der Waals surface area contributed by atoms with Crippen LogP contribution in [0.4, 0.5) is 0 Å². The Balaban J connectivity index is 3.34. The Kier molecular flexibility index (Phi) is 8.73. The van der Waals surface area contributed by atoms with Crippen LogP contribution >= 0.6 is 11.8 Å². The summed E-state index contributed by atoms with van der Waals surface area (Å²) in [5.41, 5.74) is 0.0674. The molecule has 0 fully saturated rings. The molecule has 14 heavy (non-hydrogen) atoms. The number of hydrogen-bond donors (Lipinski definition) is 2. The number of rotatable bonds is 9. The summed E-state index contributed by atoms with van der Waals surface area (Å²) in [5.74, 6) is 2.45. The van der Waals surface area contributed by atoms with Crippen LogP contribution in [0.2, 0.25) is 0 Å². The van der Waals surface area contributed by atoms with E-state index in [0.717, 1.165) is 19.5 Å². The molecule has 0 saturated heterocycles. The minimum Gasteiger partial charge on any atom is -0.396 e. The lowest BCUT2D eigenvalue weighted by atomic mass is 9.89. The summed E-state index contributed by atoms with van der Waals surface area (Å²) < 4.78 is 0. The molecule has 0 aromatic carbocycles. The SMILES string of the molecule is CCSCCCNCC(C)(CC)CO. The highest BCUT2D eigenvalue weighted by atomic mass is 32.2. The number of thioether (sulfide) groups is 1. The fourth-order valence-electron chi connectivity index (χ4n) is 1.13. The van der Waals surface area contributed by atoms with Crippen LogP contribution in [0, 0.1) is 5.41 Å². The summed E-state index contributed by atoms with van der Waals surface area (Å²) in [5, 5.41) is 12.6. The lowest BCUT2D eigenvalue weighted by Crippen LogP contribution is -2.34. The van der Waals surface area contributed by atoms with Crippen LogP contribution in [-0.2, 0) is 0 Å². The van der Waals surface area contributed by atoms with Gasteiger partial charge in [-0.1, -0.05) is 20.8 Å². The molecule has 3 heteroatoms. The lowest BCUT2D eigenvalue weighted by Gasteiger charge is -2.25. The maximum absolute atomic E-state index is 9.18. The van der Waals surface area contributed by atoms with Crippen molar-refractivity contribution < 1.29 is 5.11 Å². The summed E-state index contributed by atoms with van der Waals surface area (Å²) in [4.78, 5) is 0. The van der Waals surface area contributed by atoms with E-state index in [9.17, 15) is 5.11 Å². The van der Waals surface area contributed by atoms with Gasteiger partial charge in [-0.3, -0.25) is 0 Å². The van der Waals surface area contributed by atoms with Crippen molar-refractivity contribution in [2.45, 2.75) is 33.6 Å². The average molecular weight is 219 g/mol.